The van der Waals surface area contributed by atoms with Crippen LogP contribution in [0.5, 0.6) is 5.75 Å². The number of hydrogen-bond acceptors (Lipinski definition) is 2. The van der Waals surface area contributed by atoms with Gasteiger partial charge in [-0.2, -0.15) is 0 Å². The van der Waals surface area contributed by atoms with E-state index in [0.717, 1.165) is 22.9 Å². The Morgan fingerprint density at radius 3 is 2.46 bits per heavy atom. The molecule has 0 saturated carbocycles. The van der Waals surface area contributed by atoms with Crippen molar-refractivity contribution in [1.29, 1.82) is 0 Å². The number of rotatable bonds is 5. The van der Waals surface area contributed by atoms with Crippen molar-refractivity contribution in [3.05, 3.63) is 58.7 Å². The van der Waals surface area contributed by atoms with Crippen LogP contribution in [-0.4, -0.2) is 19.2 Å². The van der Waals surface area contributed by atoms with Gasteiger partial charge < -0.3 is 15.4 Å². The van der Waals surface area contributed by atoms with Gasteiger partial charge in [-0.1, -0.05) is 6.07 Å². The van der Waals surface area contributed by atoms with E-state index < -0.39 is 17.7 Å². The zero-order valence-electron chi connectivity index (χ0n) is 13.9. The summed E-state index contributed by atoms with van der Waals surface area (Å²) in [6.07, 6.45) is 0. The summed E-state index contributed by atoms with van der Waals surface area (Å²) in [5, 5.41) is 4.87. The molecule has 0 aromatic heterocycles. The maximum absolute atomic E-state index is 13.4. The molecule has 0 atom stereocenters. The lowest BCUT2D eigenvalue weighted by Gasteiger charge is -2.13. The summed E-state index contributed by atoms with van der Waals surface area (Å²) >= 11 is 0. The third-order valence-electron chi connectivity index (χ3n) is 3.62. The standard InChI is InChI=1S/C18H20F2N2O2/c1-11-8-13(3)17(9-12(11)2)24-7-6-21-18(23)22-16-5-4-14(19)10-15(16)20/h4-5,8-10H,6-7H2,1-3H3,(H2,21,22,23). The predicted octanol–water partition coefficient (Wildman–Crippen LogP) is 4.09. The van der Waals surface area contributed by atoms with Gasteiger partial charge in [-0.05, 0) is 55.7 Å². The van der Waals surface area contributed by atoms with Crippen LogP contribution in [0.1, 0.15) is 16.7 Å². The lowest BCUT2D eigenvalue weighted by atomic mass is 10.1. The SMILES string of the molecule is Cc1cc(C)c(OCCNC(=O)Nc2ccc(F)cc2F)cc1C. The Bertz CT molecular complexity index is 748. The maximum Gasteiger partial charge on any atom is 0.319 e. The quantitative estimate of drug-likeness (QED) is 0.809. The van der Waals surface area contributed by atoms with Gasteiger partial charge in [0.15, 0.2) is 0 Å². The van der Waals surface area contributed by atoms with Gasteiger partial charge in [0.25, 0.3) is 0 Å². The number of carbonyl (C=O) groups excluding carboxylic acids is 1. The van der Waals surface area contributed by atoms with Crippen LogP contribution in [0, 0.1) is 32.4 Å². The fourth-order valence-corrected chi connectivity index (χ4v) is 2.17. The van der Waals surface area contributed by atoms with Crippen LogP contribution in [0.4, 0.5) is 19.3 Å². The molecule has 0 aliphatic heterocycles. The van der Waals surface area contributed by atoms with Crippen LogP contribution < -0.4 is 15.4 Å². The van der Waals surface area contributed by atoms with Crippen molar-refractivity contribution in [2.24, 2.45) is 0 Å². The summed E-state index contributed by atoms with van der Waals surface area (Å²) in [6.45, 7) is 6.53. The molecule has 2 N–H and O–H groups in total. The Morgan fingerprint density at radius 1 is 1.04 bits per heavy atom. The highest BCUT2D eigenvalue weighted by molar-refractivity contribution is 5.89. The highest BCUT2D eigenvalue weighted by atomic mass is 19.1. The average Bonchev–Trinajstić information content (AvgIpc) is 2.51. The third kappa shape index (κ3) is 4.68. The van der Waals surface area contributed by atoms with Crippen molar-refractivity contribution in [1.82, 2.24) is 5.32 Å². The number of nitrogens with one attached hydrogen (secondary N) is 2. The minimum absolute atomic E-state index is 0.0835. The van der Waals surface area contributed by atoms with E-state index >= 15 is 0 Å². The molecule has 2 aromatic carbocycles. The van der Waals surface area contributed by atoms with E-state index in [1.807, 2.05) is 32.9 Å². The highest BCUT2D eigenvalue weighted by Crippen LogP contribution is 2.22. The average molecular weight is 334 g/mol. The summed E-state index contributed by atoms with van der Waals surface area (Å²) in [5.41, 5.74) is 3.27. The lowest BCUT2D eigenvalue weighted by molar-refractivity contribution is 0.247. The summed E-state index contributed by atoms with van der Waals surface area (Å²) in [7, 11) is 0. The van der Waals surface area contributed by atoms with Gasteiger partial charge in [0.05, 0.1) is 12.2 Å². The van der Waals surface area contributed by atoms with Crippen LogP contribution in [0.3, 0.4) is 0 Å². The number of benzene rings is 2. The number of halogens is 2. The molecule has 0 spiro atoms. The van der Waals surface area contributed by atoms with Crippen molar-refractivity contribution in [2.75, 3.05) is 18.5 Å². The number of carbonyl (C=O) groups is 1. The molecule has 0 saturated heterocycles. The van der Waals surface area contributed by atoms with E-state index in [9.17, 15) is 13.6 Å². The Balaban J connectivity index is 1.80. The monoisotopic (exact) mass is 334 g/mol. The number of aryl methyl sites for hydroxylation is 3. The molecule has 0 heterocycles. The fraction of sp³-hybridized carbons (Fsp3) is 0.278. The van der Waals surface area contributed by atoms with E-state index in [-0.39, 0.29) is 18.8 Å². The number of hydrogen-bond donors (Lipinski definition) is 2. The van der Waals surface area contributed by atoms with Gasteiger partial charge in [0.2, 0.25) is 0 Å². The van der Waals surface area contributed by atoms with Crippen LogP contribution in [-0.2, 0) is 0 Å². The topological polar surface area (TPSA) is 50.4 Å². The molecule has 2 amide bonds. The van der Waals surface area contributed by atoms with Gasteiger partial charge in [0.1, 0.15) is 24.0 Å². The van der Waals surface area contributed by atoms with Crippen molar-refractivity contribution < 1.29 is 18.3 Å². The van der Waals surface area contributed by atoms with Crippen LogP contribution in [0.15, 0.2) is 30.3 Å². The second kappa shape index (κ2) is 7.77. The Labute approximate surface area is 139 Å². The first-order valence-electron chi connectivity index (χ1n) is 7.57. The molecule has 128 valence electrons. The molecule has 2 rings (SSSR count). The molecule has 0 radical (unpaired) electrons. The second-order valence-corrected chi connectivity index (χ2v) is 5.56. The number of anilines is 1. The molecule has 0 fully saturated rings. The molecule has 0 aliphatic rings. The molecule has 0 aliphatic carbocycles. The van der Waals surface area contributed by atoms with E-state index in [0.29, 0.717) is 6.07 Å². The first-order chi connectivity index (χ1) is 11.4. The zero-order valence-corrected chi connectivity index (χ0v) is 13.9. The Morgan fingerprint density at radius 2 is 1.75 bits per heavy atom. The fourth-order valence-electron chi connectivity index (χ4n) is 2.17. The Kier molecular flexibility index (Phi) is 5.73. The van der Waals surface area contributed by atoms with E-state index in [1.54, 1.807) is 0 Å². The molecule has 4 nitrogen and oxygen atoms in total. The summed E-state index contributed by atoms with van der Waals surface area (Å²) in [6, 6.07) is 6.37. The first-order valence-corrected chi connectivity index (χ1v) is 7.57. The van der Waals surface area contributed by atoms with E-state index in [2.05, 4.69) is 10.6 Å². The Hall–Kier alpha value is -2.63. The molecule has 0 bridgehead atoms. The summed E-state index contributed by atoms with van der Waals surface area (Å²) < 4.78 is 31.9. The van der Waals surface area contributed by atoms with Gasteiger partial charge in [-0.3, -0.25) is 0 Å². The lowest BCUT2D eigenvalue weighted by Crippen LogP contribution is -2.32. The number of urea groups is 1. The number of ether oxygens (including phenoxy) is 1. The molecule has 2 aromatic rings. The number of amides is 2. The first kappa shape index (κ1) is 17.7. The van der Waals surface area contributed by atoms with Crippen LogP contribution in [0.25, 0.3) is 0 Å². The summed E-state index contributed by atoms with van der Waals surface area (Å²) in [5.74, 6) is -0.757. The van der Waals surface area contributed by atoms with E-state index in [4.69, 9.17) is 4.74 Å². The van der Waals surface area contributed by atoms with E-state index in [1.165, 1.54) is 11.6 Å². The molecule has 6 heteroatoms. The van der Waals surface area contributed by atoms with Gasteiger partial charge in [-0.25, -0.2) is 13.6 Å². The van der Waals surface area contributed by atoms with Crippen LogP contribution in [0.2, 0.25) is 0 Å². The molecule has 0 unspecified atom stereocenters. The smallest absolute Gasteiger partial charge is 0.319 e. The van der Waals surface area contributed by atoms with Crippen molar-refractivity contribution >= 4 is 11.7 Å². The van der Waals surface area contributed by atoms with Gasteiger partial charge in [0, 0.05) is 6.07 Å². The molecular weight excluding hydrogens is 314 g/mol. The maximum atomic E-state index is 13.4. The largest absolute Gasteiger partial charge is 0.491 e. The minimum atomic E-state index is -0.827. The van der Waals surface area contributed by atoms with Crippen molar-refractivity contribution in [2.45, 2.75) is 20.8 Å². The summed E-state index contributed by atoms with van der Waals surface area (Å²) in [4.78, 5) is 11.7. The molecule has 24 heavy (non-hydrogen) atoms. The molecular formula is C18H20F2N2O2. The second-order valence-electron chi connectivity index (χ2n) is 5.56. The minimum Gasteiger partial charge on any atom is -0.491 e. The normalized spacial score (nSPS) is 10.4. The van der Waals surface area contributed by atoms with Gasteiger partial charge >= 0.3 is 6.03 Å². The van der Waals surface area contributed by atoms with Gasteiger partial charge in [-0.15, -0.1) is 0 Å². The predicted molar refractivity (Wildman–Crippen MR) is 89.5 cm³/mol. The highest BCUT2D eigenvalue weighted by Gasteiger charge is 2.08. The van der Waals surface area contributed by atoms with Crippen molar-refractivity contribution in [3.63, 3.8) is 0 Å². The third-order valence-corrected chi connectivity index (χ3v) is 3.62. The van der Waals surface area contributed by atoms with Crippen LogP contribution >= 0.6 is 0 Å². The van der Waals surface area contributed by atoms with Crippen molar-refractivity contribution in [3.8, 4) is 5.75 Å². The zero-order chi connectivity index (χ0) is 17.7.